The highest BCUT2D eigenvalue weighted by atomic mass is 16.3. The second kappa shape index (κ2) is 3.97. The molecule has 1 amide bonds. The summed E-state index contributed by atoms with van der Waals surface area (Å²) < 4.78 is 0. The van der Waals surface area contributed by atoms with Gasteiger partial charge in [-0.25, -0.2) is 0 Å². The van der Waals surface area contributed by atoms with Crippen molar-refractivity contribution in [3.05, 3.63) is 23.8 Å². The number of rotatable bonds is 3. The molecule has 0 fully saturated rings. The van der Waals surface area contributed by atoms with E-state index in [1.807, 2.05) is 0 Å². The molecule has 1 rings (SSSR count). The Balaban J connectivity index is 2.95. The summed E-state index contributed by atoms with van der Waals surface area (Å²) in [6.45, 7) is 0. The van der Waals surface area contributed by atoms with Gasteiger partial charge in [-0.1, -0.05) is 12.1 Å². The van der Waals surface area contributed by atoms with E-state index in [-0.39, 0.29) is 17.9 Å². The van der Waals surface area contributed by atoms with Crippen LogP contribution < -0.4 is 11.5 Å². The lowest BCUT2D eigenvalue weighted by atomic mass is 10.0. The summed E-state index contributed by atoms with van der Waals surface area (Å²) >= 11 is 0. The van der Waals surface area contributed by atoms with Crippen molar-refractivity contribution in [3.8, 4) is 11.5 Å². The van der Waals surface area contributed by atoms with E-state index in [1.165, 1.54) is 18.2 Å². The average Bonchev–Trinajstić information content (AvgIpc) is 2.08. The topological polar surface area (TPSA) is 110 Å². The number of hydrogen-bond donors (Lipinski definition) is 4. The summed E-state index contributed by atoms with van der Waals surface area (Å²) in [6.07, 6.45) is -0.0724. The minimum Gasteiger partial charge on any atom is -0.504 e. The number of aromatic hydroxyl groups is 2. The van der Waals surface area contributed by atoms with E-state index in [0.29, 0.717) is 5.56 Å². The smallest absolute Gasteiger partial charge is 0.219 e. The number of phenolic OH excluding ortho intramolecular Hbond substituents is 2. The Morgan fingerprint density at radius 1 is 1.43 bits per heavy atom. The Morgan fingerprint density at radius 3 is 2.64 bits per heavy atom. The normalized spacial score (nSPS) is 12.4. The first-order valence-corrected chi connectivity index (χ1v) is 4.07. The molecule has 1 atom stereocenters. The molecule has 1 unspecified atom stereocenters. The van der Waals surface area contributed by atoms with Gasteiger partial charge in [-0.2, -0.15) is 0 Å². The van der Waals surface area contributed by atoms with Crippen molar-refractivity contribution >= 4 is 5.91 Å². The van der Waals surface area contributed by atoms with Gasteiger partial charge < -0.3 is 21.7 Å². The largest absolute Gasteiger partial charge is 0.504 e. The lowest BCUT2D eigenvalue weighted by molar-refractivity contribution is -0.118. The molecular formula is C9H12N2O3. The highest BCUT2D eigenvalue weighted by Gasteiger charge is 2.15. The minimum atomic E-state index is -0.695. The zero-order valence-corrected chi connectivity index (χ0v) is 7.47. The predicted molar refractivity (Wildman–Crippen MR) is 50.5 cm³/mol. The molecule has 5 heteroatoms. The van der Waals surface area contributed by atoms with E-state index >= 15 is 0 Å². The van der Waals surface area contributed by atoms with Crippen molar-refractivity contribution < 1.29 is 15.0 Å². The summed E-state index contributed by atoms with van der Waals surface area (Å²) in [7, 11) is 0. The molecule has 0 bridgehead atoms. The molecular weight excluding hydrogens is 184 g/mol. The molecule has 14 heavy (non-hydrogen) atoms. The van der Waals surface area contributed by atoms with Crippen LogP contribution in [0.4, 0.5) is 0 Å². The molecule has 76 valence electrons. The second-order valence-corrected chi connectivity index (χ2v) is 2.99. The number of carbonyl (C=O) groups excluding carboxylic acids is 1. The van der Waals surface area contributed by atoms with Crippen molar-refractivity contribution in [2.45, 2.75) is 12.5 Å². The van der Waals surface area contributed by atoms with E-state index in [2.05, 4.69) is 0 Å². The van der Waals surface area contributed by atoms with Crippen molar-refractivity contribution in [2.24, 2.45) is 11.5 Å². The van der Waals surface area contributed by atoms with Crippen LogP contribution in [0.2, 0.25) is 0 Å². The SMILES string of the molecule is NC(=O)CC(N)c1cccc(O)c1O. The lowest BCUT2D eigenvalue weighted by Crippen LogP contribution is -2.20. The Kier molecular flexibility index (Phi) is 2.93. The number of carbonyl (C=O) groups is 1. The van der Waals surface area contributed by atoms with Crippen molar-refractivity contribution in [2.75, 3.05) is 0 Å². The van der Waals surface area contributed by atoms with Gasteiger partial charge in [0.15, 0.2) is 11.5 Å². The number of hydrogen-bond acceptors (Lipinski definition) is 4. The van der Waals surface area contributed by atoms with Crippen LogP contribution in [0, 0.1) is 0 Å². The maximum Gasteiger partial charge on any atom is 0.219 e. The number of benzene rings is 1. The summed E-state index contributed by atoms with van der Waals surface area (Å²) in [6, 6.07) is 3.70. The summed E-state index contributed by atoms with van der Waals surface area (Å²) in [5.74, 6) is -1.12. The molecule has 0 aliphatic heterocycles. The molecule has 0 spiro atoms. The Hall–Kier alpha value is -1.75. The first-order chi connectivity index (χ1) is 6.52. The molecule has 0 heterocycles. The summed E-state index contributed by atoms with van der Waals surface area (Å²) in [5, 5.41) is 18.6. The zero-order valence-electron chi connectivity index (χ0n) is 7.47. The number of primary amides is 1. The third kappa shape index (κ3) is 2.14. The molecule has 1 aromatic rings. The van der Waals surface area contributed by atoms with Gasteiger partial charge in [-0.15, -0.1) is 0 Å². The molecule has 0 radical (unpaired) electrons. The van der Waals surface area contributed by atoms with Crippen LogP contribution in [0.15, 0.2) is 18.2 Å². The molecule has 0 aliphatic rings. The van der Waals surface area contributed by atoms with Crippen LogP contribution in [-0.2, 0) is 4.79 Å². The molecule has 6 N–H and O–H groups in total. The number of phenols is 2. The van der Waals surface area contributed by atoms with E-state index in [1.54, 1.807) is 0 Å². The van der Waals surface area contributed by atoms with Crippen LogP contribution >= 0.6 is 0 Å². The molecule has 0 aliphatic carbocycles. The van der Waals surface area contributed by atoms with Gasteiger partial charge in [-0.3, -0.25) is 4.79 Å². The van der Waals surface area contributed by atoms with Crippen LogP contribution in [0.5, 0.6) is 11.5 Å². The van der Waals surface area contributed by atoms with E-state index < -0.39 is 11.9 Å². The molecule has 5 nitrogen and oxygen atoms in total. The fraction of sp³-hybridized carbons (Fsp3) is 0.222. The Bertz CT molecular complexity index is 352. The van der Waals surface area contributed by atoms with Crippen molar-refractivity contribution in [1.82, 2.24) is 0 Å². The molecule has 0 saturated carbocycles. The van der Waals surface area contributed by atoms with E-state index in [9.17, 15) is 9.90 Å². The number of para-hydroxylation sites is 1. The van der Waals surface area contributed by atoms with Crippen LogP contribution in [-0.4, -0.2) is 16.1 Å². The summed E-state index contributed by atoms with van der Waals surface area (Å²) in [5.41, 5.74) is 10.9. The van der Waals surface area contributed by atoms with Crippen LogP contribution in [0.25, 0.3) is 0 Å². The molecule has 0 aromatic heterocycles. The fourth-order valence-corrected chi connectivity index (χ4v) is 1.17. The monoisotopic (exact) mass is 196 g/mol. The van der Waals surface area contributed by atoms with E-state index in [0.717, 1.165) is 0 Å². The van der Waals surface area contributed by atoms with E-state index in [4.69, 9.17) is 16.6 Å². The fourth-order valence-electron chi connectivity index (χ4n) is 1.17. The van der Waals surface area contributed by atoms with Crippen molar-refractivity contribution in [3.63, 3.8) is 0 Å². The first-order valence-electron chi connectivity index (χ1n) is 4.07. The third-order valence-corrected chi connectivity index (χ3v) is 1.87. The zero-order chi connectivity index (χ0) is 10.7. The molecule has 0 saturated heterocycles. The lowest BCUT2D eigenvalue weighted by Gasteiger charge is -2.12. The first kappa shape index (κ1) is 10.3. The van der Waals surface area contributed by atoms with Gasteiger partial charge in [0.05, 0.1) is 0 Å². The predicted octanol–water partition coefficient (Wildman–Crippen LogP) is -0.0270. The maximum atomic E-state index is 10.6. The minimum absolute atomic E-state index is 0.0724. The average molecular weight is 196 g/mol. The Morgan fingerprint density at radius 2 is 2.07 bits per heavy atom. The van der Waals surface area contributed by atoms with Gasteiger partial charge in [0.1, 0.15) is 0 Å². The Labute approximate surface area is 81.0 Å². The molecule has 1 aromatic carbocycles. The quantitative estimate of drug-likeness (QED) is 0.509. The van der Waals surface area contributed by atoms with Gasteiger partial charge in [0, 0.05) is 18.0 Å². The highest BCUT2D eigenvalue weighted by Crippen LogP contribution is 2.32. The second-order valence-electron chi connectivity index (χ2n) is 2.99. The standard InChI is InChI=1S/C9H12N2O3/c10-6(4-8(11)13)5-2-1-3-7(12)9(5)14/h1-3,6,12,14H,4,10H2,(H2,11,13). The third-order valence-electron chi connectivity index (χ3n) is 1.87. The maximum absolute atomic E-state index is 10.6. The number of nitrogens with two attached hydrogens (primary N) is 2. The van der Waals surface area contributed by atoms with Crippen molar-refractivity contribution in [1.29, 1.82) is 0 Å². The van der Waals surface area contributed by atoms with Gasteiger partial charge in [-0.05, 0) is 6.07 Å². The van der Waals surface area contributed by atoms with Crippen LogP contribution in [0.1, 0.15) is 18.0 Å². The van der Waals surface area contributed by atoms with Gasteiger partial charge in [0.25, 0.3) is 0 Å². The van der Waals surface area contributed by atoms with Crippen LogP contribution in [0.3, 0.4) is 0 Å². The highest BCUT2D eigenvalue weighted by molar-refractivity contribution is 5.74. The van der Waals surface area contributed by atoms with Gasteiger partial charge in [0.2, 0.25) is 5.91 Å². The number of amides is 1. The summed E-state index contributed by atoms with van der Waals surface area (Å²) in [4.78, 5) is 10.6. The van der Waals surface area contributed by atoms with Gasteiger partial charge >= 0.3 is 0 Å².